The Hall–Kier alpha value is -1.28. The molecule has 0 amide bonds. The monoisotopic (exact) mass is 351 g/mol. The van der Waals surface area contributed by atoms with Crippen LogP contribution in [0.3, 0.4) is 0 Å². The van der Waals surface area contributed by atoms with Crippen molar-refractivity contribution >= 4 is 21.4 Å². The molecular weight excluding hydrogens is 330 g/mol. The van der Waals surface area contributed by atoms with Crippen molar-refractivity contribution in [3.8, 4) is 10.6 Å². The van der Waals surface area contributed by atoms with E-state index >= 15 is 0 Å². The predicted octanol–water partition coefficient (Wildman–Crippen LogP) is 2.52. The van der Waals surface area contributed by atoms with Crippen LogP contribution in [0.25, 0.3) is 10.6 Å². The lowest BCUT2D eigenvalue weighted by Gasteiger charge is -2.19. The molecule has 1 aromatic carbocycles. The van der Waals surface area contributed by atoms with E-state index in [1.807, 2.05) is 18.4 Å². The first-order valence-corrected chi connectivity index (χ1v) is 10.1. The van der Waals surface area contributed by atoms with Gasteiger partial charge in [0.15, 0.2) is 0 Å². The van der Waals surface area contributed by atoms with Crippen molar-refractivity contribution < 1.29 is 8.42 Å². The standard InChI is InChI=1S/C16H21N3O2S2/c1-11-10-22-16(18-11)12-4-2-6-14(8-12)23(20,21)19-15-7-3-5-13(15)9-17/h2,4,6,8,10,13,15,19H,3,5,7,9,17H2,1H3. The zero-order chi connectivity index (χ0) is 16.4. The quantitative estimate of drug-likeness (QED) is 0.867. The van der Waals surface area contributed by atoms with Crippen molar-refractivity contribution in [2.75, 3.05) is 6.54 Å². The van der Waals surface area contributed by atoms with Crippen molar-refractivity contribution in [2.45, 2.75) is 37.1 Å². The van der Waals surface area contributed by atoms with E-state index in [0.717, 1.165) is 35.5 Å². The van der Waals surface area contributed by atoms with Crippen molar-refractivity contribution in [2.24, 2.45) is 11.7 Å². The molecule has 23 heavy (non-hydrogen) atoms. The van der Waals surface area contributed by atoms with Gasteiger partial charge in [0.2, 0.25) is 10.0 Å². The van der Waals surface area contributed by atoms with Crippen molar-refractivity contribution in [3.05, 3.63) is 35.3 Å². The van der Waals surface area contributed by atoms with E-state index in [-0.39, 0.29) is 16.9 Å². The molecule has 1 aliphatic rings. The summed E-state index contributed by atoms with van der Waals surface area (Å²) in [6.45, 7) is 2.45. The van der Waals surface area contributed by atoms with Crippen LogP contribution in [0.5, 0.6) is 0 Å². The van der Waals surface area contributed by atoms with Gasteiger partial charge in [0.25, 0.3) is 0 Å². The maximum atomic E-state index is 12.7. The van der Waals surface area contributed by atoms with E-state index in [2.05, 4.69) is 9.71 Å². The Morgan fingerprint density at radius 3 is 2.91 bits per heavy atom. The molecule has 1 heterocycles. The number of nitrogens with one attached hydrogen (secondary N) is 1. The van der Waals surface area contributed by atoms with Crippen LogP contribution in [-0.2, 0) is 10.0 Å². The van der Waals surface area contributed by atoms with E-state index in [0.29, 0.717) is 6.54 Å². The van der Waals surface area contributed by atoms with Gasteiger partial charge in [-0.1, -0.05) is 18.6 Å². The average Bonchev–Trinajstić information content (AvgIpc) is 3.15. The highest BCUT2D eigenvalue weighted by Gasteiger charge is 2.30. The van der Waals surface area contributed by atoms with Crippen molar-refractivity contribution in [1.29, 1.82) is 0 Å². The Kier molecular flexibility index (Phi) is 4.82. The molecule has 2 aromatic rings. The average molecular weight is 351 g/mol. The van der Waals surface area contributed by atoms with Gasteiger partial charge < -0.3 is 5.73 Å². The Balaban J connectivity index is 1.85. The van der Waals surface area contributed by atoms with Gasteiger partial charge in [0.05, 0.1) is 4.90 Å². The predicted molar refractivity (Wildman–Crippen MR) is 92.8 cm³/mol. The Morgan fingerprint density at radius 2 is 2.22 bits per heavy atom. The van der Waals surface area contributed by atoms with Crippen LogP contribution in [0.4, 0.5) is 0 Å². The molecule has 3 rings (SSSR count). The van der Waals surface area contributed by atoms with Gasteiger partial charge in [-0.05, 0) is 44.4 Å². The molecule has 2 atom stereocenters. The summed E-state index contributed by atoms with van der Waals surface area (Å²) < 4.78 is 28.2. The molecular formula is C16H21N3O2S2. The summed E-state index contributed by atoms with van der Waals surface area (Å²) in [7, 11) is -3.54. The van der Waals surface area contributed by atoms with Gasteiger partial charge in [-0.25, -0.2) is 18.1 Å². The SMILES string of the molecule is Cc1csc(-c2cccc(S(=O)(=O)NC3CCCC3CN)c2)n1. The number of rotatable bonds is 5. The normalized spacial score (nSPS) is 21.7. The summed E-state index contributed by atoms with van der Waals surface area (Å²) in [5.41, 5.74) is 7.51. The number of thiazole rings is 1. The highest BCUT2D eigenvalue weighted by Crippen LogP contribution is 2.28. The van der Waals surface area contributed by atoms with Gasteiger partial charge in [-0.3, -0.25) is 0 Å². The lowest BCUT2D eigenvalue weighted by atomic mass is 10.1. The Morgan fingerprint density at radius 1 is 1.39 bits per heavy atom. The number of hydrogen-bond donors (Lipinski definition) is 2. The largest absolute Gasteiger partial charge is 0.330 e. The molecule has 1 saturated carbocycles. The third-order valence-electron chi connectivity index (χ3n) is 4.28. The van der Waals surface area contributed by atoms with Gasteiger partial charge in [0.1, 0.15) is 5.01 Å². The molecule has 0 aliphatic heterocycles. The molecule has 2 unspecified atom stereocenters. The first-order valence-electron chi connectivity index (χ1n) is 7.74. The van der Waals surface area contributed by atoms with Crippen molar-refractivity contribution in [3.63, 3.8) is 0 Å². The van der Waals surface area contributed by atoms with Gasteiger partial charge in [0, 0.05) is 22.7 Å². The number of nitrogens with two attached hydrogens (primary N) is 1. The molecule has 3 N–H and O–H groups in total. The first-order chi connectivity index (χ1) is 11.0. The molecule has 124 valence electrons. The summed E-state index contributed by atoms with van der Waals surface area (Å²) in [4.78, 5) is 4.70. The molecule has 0 saturated heterocycles. The van der Waals surface area contributed by atoms with Crippen LogP contribution in [0, 0.1) is 12.8 Å². The number of nitrogens with zero attached hydrogens (tertiary/aromatic N) is 1. The number of sulfonamides is 1. The summed E-state index contributed by atoms with van der Waals surface area (Å²) in [6, 6.07) is 6.90. The van der Waals surface area contributed by atoms with E-state index in [1.165, 1.54) is 11.3 Å². The smallest absolute Gasteiger partial charge is 0.240 e. The van der Waals surface area contributed by atoms with Gasteiger partial charge in [-0.15, -0.1) is 11.3 Å². The van der Waals surface area contributed by atoms with Crippen LogP contribution >= 0.6 is 11.3 Å². The third-order valence-corrected chi connectivity index (χ3v) is 6.78. The zero-order valence-electron chi connectivity index (χ0n) is 13.0. The molecule has 1 aliphatic carbocycles. The Labute approximate surface area is 141 Å². The second-order valence-corrected chi connectivity index (χ2v) is 8.55. The molecule has 1 aromatic heterocycles. The zero-order valence-corrected chi connectivity index (χ0v) is 14.7. The summed E-state index contributed by atoms with van der Waals surface area (Å²) in [5.74, 6) is 0.231. The number of aromatic nitrogens is 1. The van der Waals surface area contributed by atoms with Gasteiger partial charge >= 0.3 is 0 Å². The first kappa shape index (κ1) is 16.6. The van der Waals surface area contributed by atoms with Crippen LogP contribution in [0.1, 0.15) is 25.0 Å². The molecule has 0 radical (unpaired) electrons. The fourth-order valence-corrected chi connectivity index (χ4v) is 5.20. The second-order valence-electron chi connectivity index (χ2n) is 5.98. The maximum absolute atomic E-state index is 12.7. The van der Waals surface area contributed by atoms with Crippen LogP contribution in [-0.4, -0.2) is 26.0 Å². The molecule has 5 nitrogen and oxygen atoms in total. The van der Waals surface area contributed by atoms with E-state index in [4.69, 9.17) is 5.73 Å². The maximum Gasteiger partial charge on any atom is 0.240 e. The highest BCUT2D eigenvalue weighted by atomic mass is 32.2. The molecule has 1 fully saturated rings. The minimum atomic E-state index is -3.54. The lowest BCUT2D eigenvalue weighted by Crippen LogP contribution is -2.39. The molecule has 0 bridgehead atoms. The van der Waals surface area contributed by atoms with Crippen molar-refractivity contribution in [1.82, 2.24) is 9.71 Å². The minimum absolute atomic E-state index is 0.0595. The summed E-state index contributed by atoms with van der Waals surface area (Å²) in [6.07, 6.45) is 2.86. The second kappa shape index (κ2) is 6.68. The number of hydrogen-bond acceptors (Lipinski definition) is 5. The fourth-order valence-electron chi connectivity index (χ4n) is 3.02. The summed E-state index contributed by atoms with van der Waals surface area (Å²) >= 11 is 1.52. The summed E-state index contributed by atoms with van der Waals surface area (Å²) in [5, 5.41) is 2.79. The lowest BCUT2D eigenvalue weighted by molar-refractivity contribution is 0.453. The number of aryl methyl sites for hydroxylation is 1. The highest BCUT2D eigenvalue weighted by molar-refractivity contribution is 7.89. The molecule has 0 spiro atoms. The van der Waals surface area contributed by atoms with E-state index < -0.39 is 10.0 Å². The minimum Gasteiger partial charge on any atom is -0.330 e. The Bertz CT molecular complexity index is 786. The molecule has 7 heteroatoms. The topological polar surface area (TPSA) is 85.1 Å². The van der Waals surface area contributed by atoms with Gasteiger partial charge in [-0.2, -0.15) is 0 Å². The fraction of sp³-hybridized carbons (Fsp3) is 0.438. The van der Waals surface area contributed by atoms with E-state index in [9.17, 15) is 8.42 Å². The van der Waals surface area contributed by atoms with Crippen LogP contribution in [0.15, 0.2) is 34.5 Å². The van der Waals surface area contributed by atoms with Crippen LogP contribution < -0.4 is 10.5 Å². The van der Waals surface area contributed by atoms with Crippen LogP contribution in [0.2, 0.25) is 0 Å². The number of benzene rings is 1. The van der Waals surface area contributed by atoms with E-state index in [1.54, 1.807) is 18.2 Å². The third kappa shape index (κ3) is 3.63.